The predicted molar refractivity (Wildman–Crippen MR) is 71.1 cm³/mol. The minimum Gasteiger partial charge on any atom is -0.0628 e. The van der Waals surface area contributed by atoms with Crippen molar-refractivity contribution >= 4 is 0 Å². The smallest absolute Gasteiger partial charge is 0.0254 e. The van der Waals surface area contributed by atoms with Gasteiger partial charge in [0.1, 0.15) is 0 Å². The molecule has 0 amide bonds. The molecule has 0 fully saturated rings. The lowest BCUT2D eigenvalue weighted by molar-refractivity contribution is -0.0163. The quantitative estimate of drug-likeness (QED) is 0.575. The van der Waals surface area contributed by atoms with Gasteiger partial charge < -0.3 is 0 Å². The van der Waals surface area contributed by atoms with Crippen molar-refractivity contribution in [1.82, 2.24) is 0 Å². The van der Waals surface area contributed by atoms with Crippen molar-refractivity contribution in [2.45, 2.75) is 75.2 Å². The summed E-state index contributed by atoms with van der Waals surface area (Å²) in [5, 5.41) is 0. The second kappa shape index (κ2) is 4.47. The van der Waals surface area contributed by atoms with Crippen LogP contribution >= 0.6 is 0 Å². The summed E-state index contributed by atoms with van der Waals surface area (Å²) < 4.78 is 0. The van der Waals surface area contributed by atoms with Crippen LogP contribution < -0.4 is 0 Å². The Balaban J connectivity index is 4.70. The minimum atomic E-state index is 0.369. The van der Waals surface area contributed by atoms with Gasteiger partial charge in [0.15, 0.2) is 0 Å². The van der Waals surface area contributed by atoms with Gasteiger partial charge in [-0.1, -0.05) is 68.7 Å². The zero-order valence-electron chi connectivity index (χ0n) is 12.5. The molecule has 0 saturated heterocycles. The molecule has 0 heteroatoms. The molecule has 0 aliphatic carbocycles. The molecular formula is C15H32. The van der Waals surface area contributed by atoms with E-state index in [9.17, 15) is 0 Å². The summed E-state index contributed by atoms with van der Waals surface area (Å²) in [6.07, 6.45) is 2.67. The summed E-state index contributed by atoms with van der Waals surface area (Å²) in [7, 11) is 0. The highest BCUT2D eigenvalue weighted by atomic mass is 14.5. The minimum absolute atomic E-state index is 0.369. The van der Waals surface area contributed by atoms with E-state index in [1.807, 2.05) is 0 Å². The Bertz CT molecular complexity index is 189. The van der Waals surface area contributed by atoms with Crippen LogP contribution in [0.4, 0.5) is 0 Å². The van der Waals surface area contributed by atoms with Gasteiger partial charge in [0, 0.05) is 0 Å². The molecule has 0 nitrogen and oxygen atoms in total. The molecule has 15 heavy (non-hydrogen) atoms. The van der Waals surface area contributed by atoms with E-state index in [1.165, 1.54) is 12.8 Å². The summed E-state index contributed by atoms with van der Waals surface area (Å²) in [5.74, 6) is 0.819. The predicted octanol–water partition coefficient (Wildman–Crippen LogP) is 5.52. The molecule has 0 aromatic carbocycles. The molecule has 0 rings (SSSR count). The first-order chi connectivity index (χ1) is 6.42. The molecule has 0 aliphatic heterocycles. The molecule has 0 aromatic heterocycles. The Morgan fingerprint density at radius 2 is 1.20 bits per heavy atom. The van der Waals surface area contributed by atoms with E-state index in [-0.39, 0.29) is 0 Å². The number of hydrogen-bond acceptors (Lipinski definition) is 0. The fraction of sp³-hybridized carbons (Fsp3) is 1.00. The average Bonchev–Trinajstić information content (AvgIpc) is 1.98. The van der Waals surface area contributed by atoms with Crippen LogP contribution in [-0.2, 0) is 0 Å². The highest BCUT2D eigenvalue weighted by Gasteiger charge is 2.44. The Morgan fingerprint density at radius 1 is 0.800 bits per heavy atom. The van der Waals surface area contributed by atoms with Crippen LogP contribution in [0.5, 0.6) is 0 Å². The Hall–Kier alpha value is 0. The highest BCUT2D eigenvalue weighted by Crippen LogP contribution is 2.53. The van der Waals surface area contributed by atoms with Gasteiger partial charge in [0.2, 0.25) is 0 Å². The Kier molecular flexibility index (Phi) is 4.47. The van der Waals surface area contributed by atoms with Crippen molar-refractivity contribution in [3.8, 4) is 0 Å². The Morgan fingerprint density at radius 3 is 1.47 bits per heavy atom. The molecule has 0 aromatic rings. The largest absolute Gasteiger partial charge is 0.0628 e. The van der Waals surface area contributed by atoms with E-state index >= 15 is 0 Å². The average molecular weight is 212 g/mol. The molecule has 0 saturated carbocycles. The number of rotatable bonds is 4. The summed E-state index contributed by atoms with van der Waals surface area (Å²) in [6.45, 7) is 21.4. The fourth-order valence-corrected chi connectivity index (χ4v) is 1.98. The maximum absolute atomic E-state index is 2.43. The van der Waals surface area contributed by atoms with E-state index < -0.39 is 0 Å². The molecule has 0 unspecified atom stereocenters. The van der Waals surface area contributed by atoms with Crippen molar-refractivity contribution in [2.75, 3.05) is 0 Å². The van der Waals surface area contributed by atoms with Crippen molar-refractivity contribution in [3.05, 3.63) is 0 Å². The van der Waals surface area contributed by atoms with Gasteiger partial charge in [-0.05, 0) is 28.6 Å². The third-order valence-electron chi connectivity index (χ3n) is 4.91. The first-order valence-corrected chi connectivity index (χ1v) is 6.42. The molecule has 0 heterocycles. The van der Waals surface area contributed by atoms with Gasteiger partial charge in [0.25, 0.3) is 0 Å². The maximum Gasteiger partial charge on any atom is -0.0254 e. The third kappa shape index (κ3) is 3.50. The SMILES string of the molecule is CC(C)CCC(C)(C)C(C)(C)C(C)(C)C. The first kappa shape index (κ1) is 15.0. The standard InChI is InChI=1S/C15H32/c1-12(2)10-11-14(6,7)15(8,9)13(3,4)5/h12H,10-11H2,1-9H3. The van der Waals surface area contributed by atoms with Crippen molar-refractivity contribution in [2.24, 2.45) is 22.2 Å². The second-order valence-corrected chi connectivity index (χ2v) is 7.69. The lowest BCUT2D eigenvalue weighted by Crippen LogP contribution is -2.43. The van der Waals surface area contributed by atoms with Crippen LogP contribution in [0.15, 0.2) is 0 Å². The summed E-state index contributed by atoms with van der Waals surface area (Å²) in [4.78, 5) is 0. The van der Waals surface area contributed by atoms with Crippen molar-refractivity contribution in [3.63, 3.8) is 0 Å². The summed E-state index contributed by atoms with van der Waals surface area (Å²) in [6, 6.07) is 0. The third-order valence-corrected chi connectivity index (χ3v) is 4.91. The molecule has 0 radical (unpaired) electrons. The van der Waals surface area contributed by atoms with Crippen LogP contribution in [0.2, 0.25) is 0 Å². The first-order valence-electron chi connectivity index (χ1n) is 6.42. The summed E-state index contributed by atoms with van der Waals surface area (Å²) >= 11 is 0. The molecule has 0 aliphatic rings. The van der Waals surface area contributed by atoms with Crippen LogP contribution in [0.3, 0.4) is 0 Å². The van der Waals surface area contributed by atoms with Crippen LogP contribution in [0.25, 0.3) is 0 Å². The van der Waals surface area contributed by atoms with Crippen LogP contribution in [0.1, 0.15) is 75.2 Å². The highest BCUT2D eigenvalue weighted by molar-refractivity contribution is 4.94. The van der Waals surface area contributed by atoms with Gasteiger partial charge in [-0.25, -0.2) is 0 Å². The van der Waals surface area contributed by atoms with Crippen molar-refractivity contribution < 1.29 is 0 Å². The molecule has 0 N–H and O–H groups in total. The van der Waals surface area contributed by atoms with Gasteiger partial charge in [0.05, 0.1) is 0 Å². The lowest BCUT2D eigenvalue weighted by Gasteiger charge is -2.51. The zero-order valence-corrected chi connectivity index (χ0v) is 12.5. The monoisotopic (exact) mass is 212 g/mol. The molecular weight excluding hydrogens is 180 g/mol. The van der Waals surface area contributed by atoms with E-state index in [0.29, 0.717) is 16.2 Å². The van der Waals surface area contributed by atoms with Crippen LogP contribution in [-0.4, -0.2) is 0 Å². The molecule has 92 valence electrons. The van der Waals surface area contributed by atoms with Gasteiger partial charge in [-0.15, -0.1) is 0 Å². The maximum atomic E-state index is 2.43. The van der Waals surface area contributed by atoms with Crippen molar-refractivity contribution in [1.29, 1.82) is 0 Å². The second-order valence-electron chi connectivity index (χ2n) is 7.69. The van der Waals surface area contributed by atoms with Gasteiger partial charge in [-0.2, -0.15) is 0 Å². The topological polar surface area (TPSA) is 0 Å². The van der Waals surface area contributed by atoms with Gasteiger partial charge >= 0.3 is 0 Å². The summed E-state index contributed by atoms with van der Waals surface area (Å²) in [5.41, 5.74) is 1.15. The zero-order chi connectivity index (χ0) is 12.5. The van der Waals surface area contributed by atoms with E-state index in [4.69, 9.17) is 0 Å². The normalized spacial score (nSPS) is 14.8. The van der Waals surface area contributed by atoms with E-state index in [1.54, 1.807) is 0 Å². The Labute approximate surface area is 97.8 Å². The van der Waals surface area contributed by atoms with E-state index in [2.05, 4.69) is 62.3 Å². The van der Waals surface area contributed by atoms with Gasteiger partial charge in [-0.3, -0.25) is 0 Å². The molecule has 0 atom stereocenters. The molecule has 0 bridgehead atoms. The number of hydrogen-bond donors (Lipinski definition) is 0. The van der Waals surface area contributed by atoms with E-state index in [0.717, 1.165) is 5.92 Å². The molecule has 0 spiro atoms. The fourth-order valence-electron chi connectivity index (χ4n) is 1.98. The van der Waals surface area contributed by atoms with Crippen LogP contribution in [0, 0.1) is 22.2 Å². The lowest BCUT2D eigenvalue weighted by atomic mass is 9.54.